The van der Waals surface area contributed by atoms with Gasteiger partial charge in [-0.15, -0.1) is 0 Å². The van der Waals surface area contributed by atoms with Crippen molar-refractivity contribution in [1.29, 1.82) is 0 Å². The first-order chi connectivity index (χ1) is 12.8. The molecule has 0 aromatic heterocycles. The molecule has 0 spiro atoms. The topological polar surface area (TPSA) is 38.3 Å². The van der Waals surface area contributed by atoms with Gasteiger partial charge in [0, 0.05) is 29.7 Å². The van der Waals surface area contributed by atoms with Gasteiger partial charge in [0.15, 0.2) is 0 Å². The Bertz CT molecular complexity index is 809. The Balaban J connectivity index is 0.00000280. The van der Waals surface area contributed by atoms with E-state index in [1.165, 1.54) is 23.8 Å². The Morgan fingerprint density at radius 3 is 2.43 bits per heavy atom. The molecule has 28 heavy (non-hydrogen) atoms. The highest BCUT2D eigenvalue weighted by Gasteiger charge is 2.30. The van der Waals surface area contributed by atoms with Crippen LogP contribution in [0, 0.1) is 5.82 Å². The van der Waals surface area contributed by atoms with E-state index in [0.717, 1.165) is 37.1 Å². The number of hydrogen-bond donors (Lipinski definition) is 1. The van der Waals surface area contributed by atoms with Crippen LogP contribution >= 0.6 is 11.6 Å². The molecule has 3 rings (SSSR count). The van der Waals surface area contributed by atoms with Crippen molar-refractivity contribution in [1.82, 2.24) is 0 Å². The van der Waals surface area contributed by atoms with Gasteiger partial charge >= 0.3 is 0 Å². The smallest absolute Gasteiger partial charge is 0.255 e. The summed E-state index contributed by atoms with van der Waals surface area (Å²) in [6.07, 6.45) is 2.17. The van der Waals surface area contributed by atoms with Crippen molar-refractivity contribution < 1.29 is 42.4 Å². The van der Waals surface area contributed by atoms with Crippen LogP contribution in [-0.2, 0) is 11.3 Å². The van der Waals surface area contributed by atoms with Crippen LogP contribution in [0.4, 0.5) is 10.1 Å². The van der Waals surface area contributed by atoms with Gasteiger partial charge in [0.2, 0.25) is 0 Å². The normalized spacial score (nSPS) is 15.0. The summed E-state index contributed by atoms with van der Waals surface area (Å²) in [5.74, 6) is -0.856. The molecule has 152 valence electrons. The van der Waals surface area contributed by atoms with Crippen LogP contribution in [-0.4, -0.2) is 43.7 Å². The minimum absolute atomic E-state index is 0. The predicted octanol–water partition coefficient (Wildman–Crippen LogP) is 1.49. The van der Waals surface area contributed by atoms with Crippen LogP contribution in [0.2, 0.25) is 5.02 Å². The zero-order valence-electron chi connectivity index (χ0n) is 16.1. The maximum absolute atomic E-state index is 13.2. The zero-order chi connectivity index (χ0) is 19.4. The minimum Gasteiger partial charge on any atom is -1.00 e. The Kier molecular flexibility index (Phi) is 8.24. The number of carbonyl (C=O) groups excluding carboxylic acids is 1. The molecular formula is C21H25ClFIN2O2. The Labute approximate surface area is 187 Å². The van der Waals surface area contributed by atoms with Crippen LogP contribution in [0.15, 0.2) is 42.5 Å². The molecule has 4 nitrogen and oxygen atoms in total. The summed E-state index contributed by atoms with van der Waals surface area (Å²) in [6.45, 7) is 2.60. The van der Waals surface area contributed by atoms with Crippen molar-refractivity contribution >= 4 is 23.2 Å². The molecular weight excluding hydrogens is 494 g/mol. The van der Waals surface area contributed by atoms with Crippen molar-refractivity contribution in [2.75, 3.05) is 32.6 Å². The van der Waals surface area contributed by atoms with Crippen molar-refractivity contribution in [2.45, 2.75) is 25.4 Å². The van der Waals surface area contributed by atoms with Gasteiger partial charge in [-0.1, -0.05) is 23.7 Å². The van der Waals surface area contributed by atoms with E-state index in [-0.39, 0.29) is 34.9 Å². The predicted molar refractivity (Wildman–Crippen MR) is 105 cm³/mol. The summed E-state index contributed by atoms with van der Waals surface area (Å²) in [5.41, 5.74) is 2.23. The second-order valence-corrected chi connectivity index (χ2v) is 7.97. The SMILES string of the molecule is C[N+](C)(Cc1ccc(NC(=O)c2ccc(F)c(Cl)c2)cc1)C1CCOCC1.[I-]. The van der Waals surface area contributed by atoms with Crippen LogP contribution in [0.1, 0.15) is 28.8 Å². The van der Waals surface area contributed by atoms with Gasteiger partial charge < -0.3 is 38.5 Å². The van der Waals surface area contributed by atoms with Crippen LogP contribution in [0.5, 0.6) is 0 Å². The van der Waals surface area contributed by atoms with Gasteiger partial charge in [0.05, 0.1) is 38.4 Å². The van der Waals surface area contributed by atoms with E-state index in [4.69, 9.17) is 16.3 Å². The Morgan fingerprint density at radius 1 is 1.18 bits per heavy atom. The third-order valence-corrected chi connectivity index (χ3v) is 5.45. The molecule has 0 unspecified atom stereocenters. The second kappa shape index (κ2) is 10.0. The highest BCUT2D eigenvalue weighted by molar-refractivity contribution is 6.31. The van der Waals surface area contributed by atoms with E-state index in [1.54, 1.807) is 0 Å². The number of anilines is 1. The number of halogens is 3. The molecule has 1 N–H and O–H groups in total. The van der Waals surface area contributed by atoms with E-state index in [1.807, 2.05) is 24.3 Å². The van der Waals surface area contributed by atoms with E-state index in [9.17, 15) is 9.18 Å². The lowest BCUT2D eigenvalue weighted by atomic mass is 10.0. The fourth-order valence-electron chi connectivity index (χ4n) is 3.52. The minimum atomic E-state index is -0.539. The number of benzene rings is 2. The number of nitrogens with one attached hydrogen (secondary N) is 1. The molecule has 2 aromatic carbocycles. The quantitative estimate of drug-likeness (QED) is 0.481. The highest BCUT2D eigenvalue weighted by atomic mass is 127. The molecule has 0 aliphatic carbocycles. The summed E-state index contributed by atoms with van der Waals surface area (Å²) in [4.78, 5) is 12.3. The molecule has 1 aliphatic heterocycles. The molecule has 1 saturated heterocycles. The van der Waals surface area contributed by atoms with Crippen molar-refractivity contribution in [2.24, 2.45) is 0 Å². The number of nitrogens with zero attached hydrogens (tertiary/aromatic N) is 1. The molecule has 0 bridgehead atoms. The largest absolute Gasteiger partial charge is 1.00 e. The number of ether oxygens (including phenoxy) is 1. The molecule has 0 atom stereocenters. The Hall–Kier alpha value is -1.22. The third kappa shape index (κ3) is 5.89. The molecule has 1 aliphatic rings. The van der Waals surface area contributed by atoms with E-state index >= 15 is 0 Å². The van der Waals surface area contributed by atoms with Gasteiger partial charge in [0.1, 0.15) is 12.4 Å². The lowest BCUT2D eigenvalue weighted by molar-refractivity contribution is -0.929. The molecule has 0 radical (unpaired) electrons. The van der Waals surface area contributed by atoms with Crippen LogP contribution in [0.25, 0.3) is 0 Å². The van der Waals surface area contributed by atoms with E-state index in [2.05, 4.69) is 19.4 Å². The average Bonchev–Trinajstić information content (AvgIpc) is 2.66. The lowest BCUT2D eigenvalue weighted by Gasteiger charge is -2.40. The summed E-state index contributed by atoms with van der Waals surface area (Å²) < 4.78 is 19.6. The number of amides is 1. The number of hydrogen-bond acceptors (Lipinski definition) is 2. The van der Waals surface area contributed by atoms with Gasteiger partial charge in [-0.05, 0) is 30.3 Å². The third-order valence-electron chi connectivity index (χ3n) is 5.16. The molecule has 0 saturated carbocycles. The summed E-state index contributed by atoms with van der Waals surface area (Å²) in [5, 5.41) is 2.75. The maximum Gasteiger partial charge on any atom is 0.255 e. The van der Waals surface area contributed by atoms with Crippen LogP contribution < -0.4 is 29.3 Å². The second-order valence-electron chi connectivity index (χ2n) is 7.56. The number of rotatable bonds is 5. The molecule has 2 aromatic rings. The molecule has 1 fully saturated rings. The summed E-state index contributed by atoms with van der Waals surface area (Å²) in [7, 11) is 4.51. The standard InChI is InChI=1S/C21H24ClFN2O2.HI/c1-25(2,18-9-11-27-12-10-18)14-15-3-6-17(7-4-15)24-21(26)16-5-8-20(23)19(22)13-16;/h3-8,13,18H,9-12,14H2,1-2H3;1H. The van der Waals surface area contributed by atoms with Gasteiger partial charge in [-0.25, -0.2) is 4.39 Å². The summed E-state index contributed by atoms with van der Waals surface area (Å²) >= 11 is 5.74. The molecule has 1 heterocycles. The van der Waals surface area contributed by atoms with Crippen molar-refractivity contribution in [3.05, 3.63) is 64.4 Å². The van der Waals surface area contributed by atoms with Gasteiger partial charge in [-0.3, -0.25) is 4.79 Å². The molecule has 7 heteroatoms. The first kappa shape index (κ1) is 23.1. The summed E-state index contributed by atoms with van der Waals surface area (Å²) in [6, 6.07) is 12.4. The van der Waals surface area contributed by atoms with Crippen molar-refractivity contribution in [3.63, 3.8) is 0 Å². The average molecular weight is 519 g/mol. The number of quaternary nitrogens is 1. The fraction of sp³-hybridized carbons (Fsp3) is 0.381. The van der Waals surface area contributed by atoms with E-state index in [0.29, 0.717) is 17.3 Å². The Morgan fingerprint density at radius 2 is 1.82 bits per heavy atom. The lowest BCUT2D eigenvalue weighted by Crippen LogP contribution is -3.00. The highest BCUT2D eigenvalue weighted by Crippen LogP contribution is 2.23. The van der Waals surface area contributed by atoms with Gasteiger partial charge in [0.25, 0.3) is 5.91 Å². The van der Waals surface area contributed by atoms with Crippen molar-refractivity contribution in [3.8, 4) is 0 Å². The monoisotopic (exact) mass is 518 g/mol. The first-order valence-corrected chi connectivity index (χ1v) is 9.49. The first-order valence-electron chi connectivity index (χ1n) is 9.11. The van der Waals surface area contributed by atoms with Gasteiger partial charge in [-0.2, -0.15) is 0 Å². The molecule has 1 amide bonds. The number of carbonyl (C=O) groups is 1. The maximum atomic E-state index is 13.2. The van der Waals surface area contributed by atoms with E-state index < -0.39 is 5.82 Å². The zero-order valence-corrected chi connectivity index (χ0v) is 19.0. The van der Waals surface area contributed by atoms with Crippen LogP contribution in [0.3, 0.4) is 0 Å². The fourth-order valence-corrected chi connectivity index (χ4v) is 3.70.